The Labute approximate surface area is 144 Å². The highest BCUT2D eigenvalue weighted by molar-refractivity contribution is 7.89. The predicted octanol–water partition coefficient (Wildman–Crippen LogP) is 2.31. The first-order chi connectivity index (χ1) is 11.0. The second-order valence-corrected chi connectivity index (χ2v) is 8.16. The monoisotopic (exact) mass is 357 g/mol. The SMILES string of the molecule is CCNS(=O)(=O)c1ccccc1NC(C)CNC(=O)OC(C)(C)C. The quantitative estimate of drug-likeness (QED) is 0.696. The first kappa shape index (κ1) is 20.2. The standard InChI is InChI=1S/C16H27N3O4S/c1-6-18-24(21,22)14-10-8-7-9-13(14)19-12(2)11-17-15(20)23-16(3,4)5/h7-10,12,18-19H,6,11H2,1-5H3,(H,17,20). The van der Waals surface area contributed by atoms with Crippen LogP contribution in [0.25, 0.3) is 0 Å². The molecule has 1 aromatic rings. The Morgan fingerprint density at radius 3 is 2.46 bits per heavy atom. The second-order valence-electron chi connectivity index (χ2n) is 6.43. The fourth-order valence-electron chi connectivity index (χ4n) is 1.96. The Kier molecular flexibility index (Phi) is 7.04. The minimum absolute atomic E-state index is 0.177. The molecule has 0 spiro atoms. The summed E-state index contributed by atoms with van der Waals surface area (Å²) in [5, 5.41) is 5.76. The maximum Gasteiger partial charge on any atom is 0.407 e. The zero-order valence-corrected chi connectivity index (χ0v) is 15.7. The van der Waals surface area contributed by atoms with Crippen LogP contribution in [0.5, 0.6) is 0 Å². The van der Waals surface area contributed by atoms with Crippen LogP contribution in [0.3, 0.4) is 0 Å². The molecule has 1 aromatic carbocycles. The molecule has 0 aliphatic carbocycles. The normalized spacial score (nSPS) is 13.2. The smallest absolute Gasteiger partial charge is 0.407 e. The van der Waals surface area contributed by atoms with E-state index in [1.165, 1.54) is 6.07 Å². The third-order valence-electron chi connectivity index (χ3n) is 2.86. The molecule has 8 heteroatoms. The Bertz CT molecular complexity index is 654. The lowest BCUT2D eigenvalue weighted by atomic mass is 10.2. The van der Waals surface area contributed by atoms with Crippen LogP contribution in [-0.4, -0.2) is 39.2 Å². The number of ether oxygens (including phenoxy) is 1. The van der Waals surface area contributed by atoms with Gasteiger partial charge in [0.05, 0.1) is 5.69 Å². The molecule has 1 amide bonds. The fraction of sp³-hybridized carbons (Fsp3) is 0.562. The molecule has 1 atom stereocenters. The Morgan fingerprint density at radius 2 is 1.88 bits per heavy atom. The van der Waals surface area contributed by atoms with Crippen LogP contribution in [0.1, 0.15) is 34.6 Å². The summed E-state index contributed by atoms with van der Waals surface area (Å²) in [6.07, 6.45) is -0.510. The van der Waals surface area contributed by atoms with Crippen LogP contribution in [-0.2, 0) is 14.8 Å². The molecule has 24 heavy (non-hydrogen) atoms. The second kappa shape index (κ2) is 8.34. The zero-order valence-electron chi connectivity index (χ0n) is 14.8. The van der Waals surface area contributed by atoms with E-state index in [-0.39, 0.29) is 10.9 Å². The van der Waals surface area contributed by atoms with E-state index in [0.29, 0.717) is 18.8 Å². The fourth-order valence-corrected chi connectivity index (χ4v) is 3.16. The number of benzene rings is 1. The molecule has 7 nitrogen and oxygen atoms in total. The van der Waals surface area contributed by atoms with Crippen LogP contribution in [0.2, 0.25) is 0 Å². The van der Waals surface area contributed by atoms with Crippen LogP contribution >= 0.6 is 0 Å². The highest BCUT2D eigenvalue weighted by Crippen LogP contribution is 2.21. The average Bonchev–Trinajstić information content (AvgIpc) is 2.44. The van der Waals surface area contributed by atoms with Crippen molar-refractivity contribution in [1.82, 2.24) is 10.0 Å². The zero-order chi connectivity index (χ0) is 18.4. The number of hydrogen-bond donors (Lipinski definition) is 3. The Balaban J connectivity index is 2.72. The molecule has 136 valence electrons. The third-order valence-corrected chi connectivity index (χ3v) is 4.47. The van der Waals surface area contributed by atoms with Crippen molar-refractivity contribution >= 4 is 21.8 Å². The maximum atomic E-state index is 12.2. The molecule has 0 bridgehead atoms. The molecular formula is C16H27N3O4S. The topological polar surface area (TPSA) is 96.5 Å². The molecule has 0 saturated carbocycles. The number of para-hydroxylation sites is 1. The highest BCUT2D eigenvalue weighted by Gasteiger charge is 2.19. The molecule has 0 heterocycles. The van der Waals surface area contributed by atoms with Gasteiger partial charge in [0.1, 0.15) is 10.5 Å². The number of rotatable bonds is 7. The summed E-state index contributed by atoms with van der Waals surface area (Å²) < 4.78 is 32.1. The van der Waals surface area contributed by atoms with Crippen molar-refractivity contribution in [3.8, 4) is 0 Å². The molecular weight excluding hydrogens is 330 g/mol. The largest absolute Gasteiger partial charge is 0.444 e. The van der Waals surface area contributed by atoms with Gasteiger partial charge in [-0.3, -0.25) is 0 Å². The van der Waals surface area contributed by atoms with Gasteiger partial charge in [-0.25, -0.2) is 17.9 Å². The molecule has 1 unspecified atom stereocenters. The number of alkyl carbamates (subject to hydrolysis) is 1. The number of nitrogens with one attached hydrogen (secondary N) is 3. The van der Waals surface area contributed by atoms with Crippen LogP contribution in [0, 0.1) is 0 Å². The number of hydrogen-bond acceptors (Lipinski definition) is 5. The number of carbonyl (C=O) groups is 1. The van der Waals surface area contributed by atoms with Crippen LogP contribution < -0.4 is 15.4 Å². The summed E-state index contributed by atoms with van der Waals surface area (Å²) in [7, 11) is -3.57. The number of amides is 1. The van der Waals surface area contributed by atoms with Crippen molar-refractivity contribution in [2.45, 2.75) is 51.2 Å². The lowest BCUT2D eigenvalue weighted by Gasteiger charge is -2.22. The van der Waals surface area contributed by atoms with E-state index in [4.69, 9.17) is 4.74 Å². The van der Waals surface area contributed by atoms with E-state index in [0.717, 1.165) is 0 Å². The highest BCUT2D eigenvalue weighted by atomic mass is 32.2. The van der Waals surface area contributed by atoms with Gasteiger partial charge in [0, 0.05) is 19.1 Å². The minimum atomic E-state index is -3.57. The van der Waals surface area contributed by atoms with Crippen molar-refractivity contribution in [3.05, 3.63) is 24.3 Å². The molecule has 0 radical (unpaired) electrons. The Hall–Kier alpha value is -1.80. The maximum absolute atomic E-state index is 12.2. The first-order valence-corrected chi connectivity index (χ1v) is 9.35. The van der Waals surface area contributed by atoms with Gasteiger partial charge in [-0.05, 0) is 39.8 Å². The lowest BCUT2D eigenvalue weighted by molar-refractivity contribution is 0.0526. The molecule has 0 fully saturated rings. The van der Waals surface area contributed by atoms with Crippen molar-refractivity contribution in [3.63, 3.8) is 0 Å². The first-order valence-electron chi connectivity index (χ1n) is 7.87. The van der Waals surface area contributed by atoms with Crippen molar-refractivity contribution < 1.29 is 17.9 Å². The van der Waals surface area contributed by atoms with E-state index in [2.05, 4.69) is 15.4 Å². The molecule has 0 aliphatic heterocycles. The van der Waals surface area contributed by atoms with Crippen molar-refractivity contribution in [1.29, 1.82) is 0 Å². The van der Waals surface area contributed by atoms with Crippen LogP contribution in [0.15, 0.2) is 29.2 Å². The van der Waals surface area contributed by atoms with Gasteiger partial charge in [-0.15, -0.1) is 0 Å². The average molecular weight is 357 g/mol. The summed E-state index contributed by atoms with van der Waals surface area (Å²) in [6.45, 7) is 9.54. The molecule has 0 aromatic heterocycles. The third kappa shape index (κ3) is 6.76. The summed E-state index contributed by atoms with van der Waals surface area (Å²) in [5.74, 6) is 0. The van der Waals surface area contributed by atoms with Gasteiger partial charge in [-0.1, -0.05) is 19.1 Å². The van der Waals surface area contributed by atoms with Gasteiger partial charge >= 0.3 is 6.09 Å². The van der Waals surface area contributed by atoms with E-state index in [1.807, 2.05) is 6.92 Å². The van der Waals surface area contributed by atoms with Gasteiger partial charge in [-0.2, -0.15) is 0 Å². The molecule has 0 aliphatic rings. The number of carbonyl (C=O) groups excluding carboxylic acids is 1. The summed E-state index contributed by atoms with van der Waals surface area (Å²) in [5.41, 5.74) is -0.0790. The number of sulfonamides is 1. The van der Waals surface area contributed by atoms with E-state index in [1.54, 1.807) is 45.9 Å². The number of anilines is 1. The van der Waals surface area contributed by atoms with E-state index < -0.39 is 21.7 Å². The van der Waals surface area contributed by atoms with Crippen LogP contribution in [0.4, 0.5) is 10.5 Å². The minimum Gasteiger partial charge on any atom is -0.444 e. The summed E-state index contributed by atoms with van der Waals surface area (Å²) in [6, 6.07) is 6.46. The predicted molar refractivity (Wildman–Crippen MR) is 94.6 cm³/mol. The van der Waals surface area contributed by atoms with Gasteiger partial charge in [0.15, 0.2) is 0 Å². The molecule has 1 rings (SSSR count). The summed E-state index contributed by atoms with van der Waals surface area (Å²) in [4.78, 5) is 11.8. The van der Waals surface area contributed by atoms with E-state index in [9.17, 15) is 13.2 Å². The molecule has 3 N–H and O–H groups in total. The van der Waals surface area contributed by atoms with Crippen molar-refractivity contribution in [2.24, 2.45) is 0 Å². The lowest BCUT2D eigenvalue weighted by Crippen LogP contribution is -2.38. The van der Waals surface area contributed by atoms with Crippen molar-refractivity contribution in [2.75, 3.05) is 18.4 Å². The van der Waals surface area contributed by atoms with Gasteiger partial charge in [0.25, 0.3) is 0 Å². The Morgan fingerprint density at radius 1 is 1.25 bits per heavy atom. The molecule has 0 saturated heterocycles. The summed E-state index contributed by atoms with van der Waals surface area (Å²) >= 11 is 0. The van der Waals surface area contributed by atoms with E-state index >= 15 is 0 Å². The van der Waals surface area contributed by atoms with Gasteiger partial charge < -0.3 is 15.4 Å². The van der Waals surface area contributed by atoms with Gasteiger partial charge in [0.2, 0.25) is 10.0 Å².